The van der Waals surface area contributed by atoms with Crippen LogP contribution in [0, 0.1) is 0 Å². The van der Waals surface area contributed by atoms with Gasteiger partial charge in [0.15, 0.2) is 0 Å². The molecule has 128 valence electrons. The highest BCUT2D eigenvalue weighted by Gasteiger charge is 2.12. The molecule has 0 fully saturated rings. The summed E-state index contributed by atoms with van der Waals surface area (Å²) in [6, 6.07) is 15.0. The van der Waals surface area contributed by atoms with Crippen molar-refractivity contribution in [2.24, 2.45) is 0 Å². The van der Waals surface area contributed by atoms with Crippen LogP contribution in [0.4, 0.5) is 16.2 Å². The highest BCUT2D eigenvalue weighted by molar-refractivity contribution is 5.89. The van der Waals surface area contributed by atoms with E-state index in [2.05, 4.69) is 5.32 Å². The summed E-state index contributed by atoms with van der Waals surface area (Å²) in [5, 5.41) is 20.7. The van der Waals surface area contributed by atoms with E-state index in [0.29, 0.717) is 5.69 Å². The van der Waals surface area contributed by atoms with Crippen molar-refractivity contribution >= 4 is 17.4 Å². The largest absolute Gasteiger partial charge is 0.399 e. The van der Waals surface area contributed by atoms with Gasteiger partial charge in [-0.1, -0.05) is 24.3 Å². The maximum Gasteiger partial charge on any atom is 0.321 e. The first-order valence-electron chi connectivity index (χ1n) is 7.83. The van der Waals surface area contributed by atoms with E-state index in [1.165, 1.54) is 4.90 Å². The van der Waals surface area contributed by atoms with Crippen molar-refractivity contribution in [1.82, 2.24) is 4.90 Å². The molecule has 0 aliphatic carbocycles. The third-order valence-electron chi connectivity index (χ3n) is 3.62. The molecule has 24 heavy (non-hydrogen) atoms. The first-order valence-corrected chi connectivity index (χ1v) is 7.83. The minimum Gasteiger partial charge on any atom is -0.399 e. The third-order valence-corrected chi connectivity index (χ3v) is 3.62. The minimum atomic E-state index is -0.343. The van der Waals surface area contributed by atoms with Gasteiger partial charge in [0.25, 0.3) is 0 Å². The maximum atomic E-state index is 12.1. The summed E-state index contributed by atoms with van der Waals surface area (Å²) < 4.78 is 0. The number of urea groups is 1. The van der Waals surface area contributed by atoms with Crippen molar-refractivity contribution in [3.05, 3.63) is 59.7 Å². The van der Waals surface area contributed by atoms with E-state index in [1.54, 1.807) is 0 Å². The molecule has 0 heterocycles. The van der Waals surface area contributed by atoms with Crippen molar-refractivity contribution in [2.45, 2.75) is 6.42 Å². The molecule has 0 bridgehead atoms. The molecule has 0 aliphatic heterocycles. The number of rotatable bonds is 7. The van der Waals surface area contributed by atoms with E-state index in [9.17, 15) is 4.79 Å². The lowest BCUT2D eigenvalue weighted by Crippen LogP contribution is -2.38. The summed E-state index contributed by atoms with van der Waals surface area (Å²) in [4.78, 5) is 13.4. The predicted octanol–water partition coefficient (Wildman–Crippen LogP) is 1.68. The minimum absolute atomic E-state index is 0.145. The normalized spacial score (nSPS) is 10.4. The molecule has 6 heteroatoms. The van der Waals surface area contributed by atoms with Crippen LogP contribution in [0.3, 0.4) is 0 Å². The fourth-order valence-corrected chi connectivity index (χ4v) is 2.34. The topological polar surface area (TPSA) is 98.8 Å². The summed E-state index contributed by atoms with van der Waals surface area (Å²) >= 11 is 0. The maximum absolute atomic E-state index is 12.1. The van der Waals surface area contributed by atoms with Gasteiger partial charge in [-0.05, 0) is 41.8 Å². The zero-order chi connectivity index (χ0) is 17.4. The van der Waals surface area contributed by atoms with E-state index in [1.807, 2.05) is 48.5 Å². The fourth-order valence-electron chi connectivity index (χ4n) is 2.34. The van der Waals surface area contributed by atoms with Gasteiger partial charge in [0.05, 0.1) is 13.2 Å². The number of nitrogen functional groups attached to an aromatic ring is 1. The predicted molar refractivity (Wildman–Crippen MR) is 94.9 cm³/mol. The lowest BCUT2D eigenvalue weighted by atomic mass is 10.0. The first kappa shape index (κ1) is 17.8. The second-order valence-corrected chi connectivity index (χ2v) is 5.48. The second kappa shape index (κ2) is 8.90. The monoisotopic (exact) mass is 329 g/mol. The number of anilines is 2. The number of nitrogens with two attached hydrogens (primary N) is 1. The molecule has 0 aliphatic rings. The van der Waals surface area contributed by atoms with E-state index in [-0.39, 0.29) is 32.3 Å². The van der Waals surface area contributed by atoms with Crippen LogP contribution >= 0.6 is 0 Å². The number of aliphatic hydroxyl groups excluding tert-OH is 2. The molecule has 0 saturated heterocycles. The molecule has 5 N–H and O–H groups in total. The molecule has 0 unspecified atom stereocenters. The number of hydrogen-bond acceptors (Lipinski definition) is 4. The van der Waals surface area contributed by atoms with Crippen LogP contribution < -0.4 is 11.1 Å². The molecule has 2 rings (SSSR count). The van der Waals surface area contributed by atoms with Crippen LogP contribution in [0.2, 0.25) is 0 Å². The molecule has 2 aromatic rings. The molecular weight excluding hydrogens is 306 g/mol. The van der Waals surface area contributed by atoms with Gasteiger partial charge in [-0.25, -0.2) is 4.79 Å². The van der Waals surface area contributed by atoms with Crippen molar-refractivity contribution in [1.29, 1.82) is 0 Å². The van der Waals surface area contributed by atoms with Gasteiger partial charge in [-0.3, -0.25) is 0 Å². The summed E-state index contributed by atoms with van der Waals surface area (Å²) in [5.41, 5.74) is 9.38. The Morgan fingerprint density at radius 1 is 0.917 bits per heavy atom. The van der Waals surface area contributed by atoms with Crippen LogP contribution in [0.15, 0.2) is 48.5 Å². The molecule has 2 aromatic carbocycles. The number of amides is 2. The van der Waals surface area contributed by atoms with Crippen molar-refractivity contribution in [2.75, 3.05) is 37.4 Å². The molecule has 6 nitrogen and oxygen atoms in total. The Bertz CT molecular complexity index is 636. The zero-order valence-electron chi connectivity index (χ0n) is 13.5. The van der Waals surface area contributed by atoms with E-state index < -0.39 is 0 Å². The van der Waals surface area contributed by atoms with Crippen LogP contribution in [-0.4, -0.2) is 47.4 Å². The molecule has 2 amide bonds. The lowest BCUT2D eigenvalue weighted by Gasteiger charge is -2.21. The summed E-state index contributed by atoms with van der Waals surface area (Å²) in [5.74, 6) is 0. The summed E-state index contributed by atoms with van der Waals surface area (Å²) in [6.45, 7) is 0.0745. The van der Waals surface area contributed by atoms with Gasteiger partial charge >= 0.3 is 6.03 Å². The number of hydrogen-bond donors (Lipinski definition) is 4. The van der Waals surface area contributed by atoms with E-state index >= 15 is 0 Å². The smallest absolute Gasteiger partial charge is 0.321 e. The van der Waals surface area contributed by atoms with Crippen LogP contribution in [0.1, 0.15) is 11.1 Å². The Morgan fingerprint density at radius 3 is 1.92 bits per heavy atom. The number of carbonyl (C=O) groups excluding carboxylic acids is 1. The van der Waals surface area contributed by atoms with Gasteiger partial charge in [0.2, 0.25) is 0 Å². The lowest BCUT2D eigenvalue weighted by molar-refractivity contribution is 0.167. The van der Waals surface area contributed by atoms with Gasteiger partial charge in [0, 0.05) is 24.5 Å². The Morgan fingerprint density at radius 2 is 1.42 bits per heavy atom. The third kappa shape index (κ3) is 5.26. The molecule has 0 aromatic heterocycles. The number of benzene rings is 2. The average molecular weight is 329 g/mol. The molecule has 0 saturated carbocycles. The molecular formula is C18H23N3O3. The summed E-state index contributed by atoms with van der Waals surface area (Å²) in [7, 11) is 0. The van der Waals surface area contributed by atoms with E-state index in [4.69, 9.17) is 15.9 Å². The van der Waals surface area contributed by atoms with Gasteiger partial charge in [-0.15, -0.1) is 0 Å². The Labute approximate surface area is 141 Å². The van der Waals surface area contributed by atoms with Crippen LogP contribution in [-0.2, 0) is 6.42 Å². The highest BCUT2D eigenvalue weighted by Crippen LogP contribution is 2.15. The van der Waals surface area contributed by atoms with Crippen LogP contribution in [0.5, 0.6) is 0 Å². The molecule has 0 spiro atoms. The van der Waals surface area contributed by atoms with Crippen LogP contribution in [0.25, 0.3) is 0 Å². The van der Waals surface area contributed by atoms with Crippen molar-refractivity contribution < 1.29 is 15.0 Å². The van der Waals surface area contributed by atoms with Crippen molar-refractivity contribution in [3.63, 3.8) is 0 Å². The summed E-state index contributed by atoms with van der Waals surface area (Å²) in [6.07, 6.45) is 0.787. The first-order chi connectivity index (χ1) is 11.6. The molecule has 0 atom stereocenters. The Hall–Kier alpha value is -2.57. The molecule has 0 radical (unpaired) electrons. The van der Waals surface area contributed by atoms with Gasteiger partial charge in [0.1, 0.15) is 0 Å². The highest BCUT2D eigenvalue weighted by atomic mass is 16.3. The Balaban J connectivity index is 1.95. The van der Waals surface area contributed by atoms with E-state index in [0.717, 1.165) is 23.2 Å². The SMILES string of the molecule is Nc1ccc(Cc2ccc(NC(=O)N(CCO)CCO)cc2)cc1. The average Bonchev–Trinajstić information content (AvgIpc) is 2.58. The second-order valence-electron chi connectivity index (χ2n) is 5.48. The van der Waals surface area contributed by atoms with Gasteiger partial charge < -0.3 is 26.2 Å². The van der Waals surface area contributed by atoms with Crippen molar-refractivity contribution in [3.8, 4) is 0 Å². The number of carbonyl (C=O) groups is 1. The van der Waals surface area contributed by atoms with Gasteiger partial charge in [-0.2, -0.15) is 0 Å². The fraction of sp³-hybridized carbons (Fsp3) is 0.278. The number of nitrogens with zero attached hydrogens (tertiary/aromatic N) is 1. The standard InChI is InChI=1S/C18H23N3O3/c19-16-5-1-14(2-6-16)13-15-3-7-17(8-4-15)20-18(24)21(9-11-22)10-12-23/h1-8,22-23H,9-13,19H2,(H,20,24). The Kier molecular flexibility index (Phi) is 6.60. The number of nitrogens with one attached hydrogen (secondary N) is 1. The number of aliphatic hydroxyl groups is 2. The zero-order valence-corrected chi connectivity index (χ0v) is 13.5. The quantitative estimate of drug-likeness (QED) is 0.581.